The molecule has 0 fully saturated rings. The Morgan fingerprint density at radius 1 is 1.19 bits per heavy atom. The first-order valence-corrected chi connectivity index (χ1v) is 11.1. The topological polar surface area (TPSA) is 118 Å². The summed E-state index contributed by atoms with van der Waals surface area (Å²) in [6.45, 7) is 5.01. The second kappa shape index (κ2) is 10.4. The molecule has 0 spiro atoms. The molecule has 0 saturated carbocycles. The van der Waals surface area contributed by atoms with E-state index in [0.717, 1.165) is 31.0 Å². The van der Waals surface area contributed by atoms with E-state index in [2.05, 4.69) is 9.44 Å². The molecule has 26 heavy (non-hydrogen) atoms. The fraction of sp³-hybridized carbons (Fsp3) is 0.600. The van der Waals surface area contributed by atoms with Gasteiger partial charge in [0.05, 0.1) is 15.8 Å². The quantitative estimate of drug-likeness (QED) is 0.524. The van der Waals surface area contributed by atoms with Crippen LogP contribution in [0.2, 0.25) is 0 Å². The Kier molecular flexibility index (Phi) is 10.0. The van der Waals surface area contributed by atoms with Gasteiger partial charge in [0, 0.05) is 12.6 Å². The Balaban J connectivity index is 0.00000625. The third-order valence-corrected chi connectivity index (χ3v) is 6.90. The number of rotatable bonds is 10. The van der Waals surface area contributed by atoms with Crippen molar-refractivity contribution in [2.24, 2.45) is 5.73 Å². The standard InChI is InChI=1S/C15H26FN3O4S2.ClH/c1-4-5-6-12(10-17)18-25(22,23)13-7-8-15(14(16)9-13)19-24(20,21)11(2)3;/h7-9,11-12,18-19H,4-6,10,17H2,1-3H3;1H. The minimum absolute atomic E-state index is 0. The maximum atomic E-state index is 14.2. The van der Waals surface area contributed by atoms with Gasteiger partial charge in [-0.15, -0.1) is 12.4 Å². The van der Waals surface area contributed by atoms with Gasteiger partial charge in [-0.1, -0.05) is 19.8 Å². The Bertz CT molecular complexity index is 786. The molecule has 1 aromatic carbocycles. The number of sulfonamides is 2. The van der Waals surface area contributed by atoms with E-state index in [1.165, 1.54) is 13.8 Å². The highest BCUT2D eigenvalue weighted by Crippen LogP contribution is 2.21. The number of benzene rings is 1. The molecule has 0 aliphatic carbocycles. The van der Waals surface area contributed by atoms with Crippen molar-refractivity contribution in [2.75, 3.05) is 11.3 Å². The van der Waals surface area contributed by atoms with Crippen LogP contribution in [0.1, 0.15) is 40.0 Å². The fourth-order valence-electron chi connectivity index (χ4n) is 1.98. The van der Waals surface area contributed by atoms with Crippen molar-refractivity contribution in [1.29, 1.82) is 0 Å². The molecule has 0 bridgehead atoms. The summed E-state index contributed by atoms with van der Waals surface area (Å²) in [7, 11) is -7.68. The first-order valence-electron chi connectivity index (χ1n) is 8.07. The van der Waals surface area contributed by atoms with Gasteiger partial charge >= 0.3 is 0 Å². The minimum Gasteiger partial charge on any atom is -0.329 e. The molecule has 0 radical (unpaired) electrons. The van der Waals surface area contributed by atoms with Crippen LogP contribution in [0.3, 0.4) is 0 Å². The van der Waals surface area contributed by atoms with Crippen molar-refractivity contribution in [2.45, 2.75) is 56.2 Å². The summed E-state index contributed by atoms with van der Waals surface area (Å²) in [4.78, 5) is -0.285. The van der Waals surface area contributed by atoms with Gasteiger partial charge in [-0.2, -0.15) is 0 Å². The van der Waals surface area contributed by atoms with Crippen molar-refractivity contribution in [3.8, 4) is 0 Å². The summed E-state index contributed by atoms with van der Waals surface area (Å²) in [5.74, 6) is -0.968. The predicted octanol–water partition coefficient (Wildman–Crippen LogP) is 2.19. The Morgan fingerprint density at radius 2 is 1.81 bits per heavy atom. The molecule has 7 nitrogen and oxygen atoms in total. The molecule has 1 unspecified atom stereocenters. The van der Waals surface area contributed by atoms with Crippen LogP contribution < -0.4 is 15.2 Å². The number of hydrogen-bond donors (Lipinski definition) is 3. The highest BCUT2D eigenvalue weighted by molar-refractivity contribution is 7.93. The summed E-state index contributed by atoms with van der Waals surface area (Å²) in [5.41, 5.74) is 5.28. The zero-order valence-corrected chi connectivity index (χ0v) is 17.5. The van der Waals surface area contributed by atoms with Crippen LogP contribution in [0.25, 0.3) is 0 Å². The van der Waals surface area contributed by atoms with Crippen molar-refractivity contribution >= 4 is 38.1 Å². The van der Waals surface area contributed by atoms with Gasteiger partial charge in [-0.3, -0.25) is 4.72 Å². The summed E-state index contributed by atoms with van der Waals surface area (Å²) in [5, 5.41) is -0.749. The summed E-state index contributed by atoms with van der Waals surface area (Å²) >= 11 is 0. The smallest absolute Gasteiger partial charge is 0.240 e. The molecule has 1 atom stereocenters. The van der Waals surface area contributed by atoms with Crippen LogP contribution in [0, 0.1) is 5.82 Å². The summed E-state index contributed by atoms with van der Waals surface area (Å²) in [6, 6.07) is 2.59. The molecular weight excluding hydrogens is 405 g/mol. The van der Waals surface area contributed by atoms with Crippen LogP contribution in [0.15, 0.2) is 23.1 Å². The maximum absolute atomic E-state index is 14.2. The van der Waals surface area contributed by atoms with Gasteiger partial charge in [-0.25, -0.2) is 25.9 Å². The SMILES string of the molecule is CCCCC(CN)NS(=O)(=O)c1ccc(NS(=O)(=O)C(C)C)c(F)c1.Cl. The van der Waals surface area contributed by atoms with Gasteiger partial charge in [0.15, 0.2) is 0 Å². The lowest BCUT2D eigenvalue weighted by Crippen LogP contribution is -2.40. The molecule has 0 aromatic heterocycles. The number of nitrogens with two attached hydrogens (primary N) is 1. The van der Waals surface area contributed by atoms with Crippen LogP contribution >= 0.6 is 12.4 Å². The Morgan fingerprint density at radius 3 is 2.27 bits per heavy atom. The molecule has 1 rings (SSSR count). The molecule has 1 aromatic rings. The normalized spacial score (nSPS) is 13.3. The zero-order valence-electron chi connectivity index (χ0n) is 15.0. The monoisotopic (exact) mass is 431 g/mol. The lowest BCUT2D eigenvalue weighted by atomic mass is 10.1. The molecule has 0 amide bonds. The third-order valence-electron chi connectivity index (χ3n) is 3.64. The first-order chi connectivity index (χ1) is 11.5. The van der Waals surface area contributed by atoms with E-state index >= 15 is 0 Å². The van der Waals surface area contributed by atoms with Crippen molar-refractivity contribution < 1.29 is 21.2 Å². The first kappa shape index (κ1) is 25.1. The summed E-state index contributed by atoms with van der Waals surface area (Å²) < 4.78 is 67.0. The van der Waals surface area contributed by atoms with E-state index in [0.29, 0.717) is 6.42 Å². The second-order valence-electron chi connectivity index (χ2n) is 6.03. The third kappa shape index (κ3) is 6.99. The zero-order chi connectivity index (χ0) is 19.3. The predicted molar refractivity (Wildman–Crippen MR) is 104 cm³/mol. The largest absolute Gasteiger partial charge is 0.329 e. The number of nitrogens with one attached hydrogen (secondary N) is 2. The second-order valence-corrected chi connectivity index (χ2v) is 9.98. The van der Waals surface area contributed by atoms with Gasteiger partial charge in [-0.05, 0) is 38.5 Å². The van der Waals surface area contributed by atoms with E-state index in [9.17, 15) is 21.2 Å². The lowest BCUT2D eigenvalue weighted by molar-refractivity contribution is 0.515. The fourth-order valence-corrected chi connectivity index (χ4v) is 3.98. The highest BCUT2D eigenvalue weighted by atomic mass is 35.5. The van der Waals surface area contributed by atoms with Crippen LogP contribution in [-0.2, 0) is 20.0 Å². The average molecular weight is 432 g/mol. The maximum Gasteiger partial charge on any atom is 0.240 e. The molecule has 0 saturated heterocycles. The van der Waals surface area contributed by atoms with Gasteiger partial charge < -0.3 is 5.73 Å². The van der Waals surface area contributed by atoms with E-state index < -0.39 is 37.2 Å². The molecule has 0 aliphatic rings. The van der Waals surface area contributed by atoms with Crippen LogP contribution in [-0.4, -0.2) is 34.7 Å². The molecule has 11 heteroatoms. The minimum atomic E-state index is -3.95. The van der Waals surface area contributed by atoms with Crippen molar-refractivity contribution in [1.82, 2.24) is 4.72 Å². The van der Waals surface area contributed by atoms with Crippen molar-refractivity contribution in [3.63, 3.8) is 0 Å². The molecular formula is C15H27ClFN3O4S2. The van der Waals surface area contributed by atoms with E-state index in [-0.39, 0.29) is 29.5 Å². The van der Waals surface area contributed by atoms with Crippen LogP contribution in [0.4, 0.5) is 10.1 Å². The van der Waals surface area contributed by atoms with Crippen molar-refractivity contribution in [3.05, 3.63) is 24.0 Å². The number of anilines is 1. The summed E-state index contributed by atoms with van der Waals surface area (Å²) in [6.07, 6.45) is 2.30. The number of hydrogen-bond acceptors (Lipinski definition) is 5. The van der Waals surface area contributed by atoms with E-state index in [1.54, 1.807) is 0 Å². The molecule has 0 heterocycles. The molecule has 0 aliphatic heterocycles. The average Bonchev–Trinajstić information content (AvgIpc) is 2.52. The molecule has 152 valence electrons. The van der Waals surface area contributed by atoms with E-state index in [1.807, 2.05) is 6.92 Å². The van der Waals surface area contributed by atoms with Gasteiger partial charge in [0.1, 0.15) is 5.82 Å². The highest BCUT2D eigenvalue weighted by Gasteiger charge is 2.22. The van der Waals surface area contributed by atoms with Gasteiger partial charge in [0.2, 0.25) is 20.0 Å². The van der Waals surface area contributed by atoms with Crippen LogP contribution in [0.5, 0.6) is 0 Å². The molecule has 4 N–H and O–H groups in total. The Labute approximate surface area is 161 Å². The van der Waals surface area contributed by atoms with Gasteiger partial charge in [0.25, 0.3) is 0 Å². The number of unbranched alkanes of at least 4 members (excludes halogenated alkanes) is 1. The number of halogens is 2. The lowest BCUT2D eigenvalue weighted by Gasteiger charge is -2.17. The Hall–Kier alpha value is -0.940. The van der Waals surface area contributed by atoms with E-state index in [4.69, 9.17) is 5.73 Å².